The molecule has 0 radical (unpaired) electrons. The lowest BCUT2D eigenvalue weighted by molar-refractivity contribution is -0.117. The van der Waals surface area contributed by atoms with Gasteiger partial charge < -0.3 is 10.2 Å². The van der Waals surface area contributed by atoms with E-state index < -0.39 is 0 Å². The van der Waals surface area contributed by atoms with Gasteiger partial charge in [0.1, 0.15) is 0 Å². The van der Waals surface area contributed by atoms with Crippen LogP contribution >= 0.6 is 27.5 Å². The lowest BCUT2D eigenvalue weighted by atomic mass is 10.1. The number of rotatable bonds is 4. The van der Waals surface area contributed by atoms with Gasteiger partial charge >= 0.3 is 0 Å². The van der Waals surface area contributed by atoms with Crippen LogP contribution in [0, 0.1) is 5.92 Å². The van der Waals surface area contributed by atoms with E-state index in [1.54, 1.807) is 29.2 Å². The minimum Gasteiger partial charge on any atom is -0.352 e. The van der Waals surface area contributed by atoms with Gasteiger partial charge in [-0.1, -0.05) is 27.5 Å². The van der Waals surface area contributed by atoms with Gasteiger partial charge in [-0.3, -0.25) is 9.59 Å². The smallest absolute Gasteiger partial charge is 0.251 e. The number of hydrogen-bond acceptors (Lipinski definition) is 2. The van der Waals surface area contributed by atoms with E-state index in [2.05, 4.69) is 21.2 Å². The van der Waals surface area contributed by atoms with Crippen LogP contribution in [0.2, 0.25) is 5.02 Å². The molecule has 1 fully saturated rings. The molecule has 1 aliphatic heterocycles. The number of carbonyl (C=O) groups is 2. The molecule has 1 N–H and O–H groups in total. The molecular weight excluding hydrogens is 392 g/mol. The number of anilines is 1. The second kappa shape index (κ2) is 7.36. The minimum absolute atomic E-state index is 0.0696. The number of nitrogens with zero attached hydrogens (tertiary/aromatic N) is 1. The third kappa shape index (κ3) is 3.97. The normalized spacial score (nSPS) is 17.2. The predicted molar refractivity (Wildman–Crippen MR) is 98.4 cm³/mol. The second-order valence-electron chi connectivity index (χ2n) is 5.77. The zero-order chi connectivity index (χ0) is 17.1. The summed E-state index contributed by atoms with van der Waals surface area (Å²) in [4.78, 5) is 26.1. The largest absolute Gasteiger partial charge is 0.352 e. The summed E-state index contributed by atoms with van der Waals surface area (Å²) in [5.74, 6) is 0.0488. The van der Waals surface area contributed by atoms with E-state index >= 15 is 0 Å². The average Bonchev–Trinajstić information content (AvgIpc) is 2.95. The molecule has 2 aromatic rings. The maximum Gasteiger partial charge on any atom is 0.251 e. The molecule has 0 spiro atoms. The predicted octanol–water partition coefficient (Wildman–Crippen LogP) is 3.89. The molecule has 1 saturated heterocycles. The van der Waals surface area contributed by atoms with E-state index in [0.29, 0.717) is 30.1 Å². The summed E-state index contributed by atoms with van der Waals surface area (Å²) in [5.41, 5.74) is 1.45. The third-order valence-electron chi connectivity index (χ3n) is 4.00. The van der Waals surface area contributed by atoms with Crippen LogP contribution in [-0.4, -0.2) is 24.9 Å². The van der Waals surface area contributed by atoms with Gasteiger partial charge in [0, 0.05) is 46.2 Å². The standard InChI is InChI=1S/C18H16BrClN2O2/c19-14-3-1-13(2-4-14)18(24)21-10-12-9-17(23)22(11-12)16-7-5-15(20)6-8-16/h1-8,12H,9-11H2,(H,21,24). The Morgan fingerprint density at radius 2 is 1.83 bits per heavy atom. The van der Waals surface area contributed by atoms with E-state index in [9.17, 15) is 9.59 Å². The number of halogens is 2. The SMILES string of the molecule is O=C(NCC1CC(=O)N(c2ccc(Cl)cc2)C1)c1ccc(Br)cc1. The Labute approximate surface area is 153 Å². The molecule has 0 aliphatic carbocycles. The van der Waals surface area contributed by atoms with Crippen molar-refractivity contribution in [2.24, 2.45) is 5.92 Å². The molecule has 0 aromatic heterocycles. The Kier molecular flexibility index (Phi) is 5.21. The van der Waals surface area contributed by atoms with Crippen molar-refractivity contribution in [2.75, 3.05) is 18.0 Å². The summed E-state index contributed by atoms with van der Waals surface area (Å²) < 4.78 is 0.930. The first-order valence-electron chi connectivity index (χ1n) is 7.62. The highest BCUT2D eigenvalue weighted by atomic mass is 79.9. The molecule has 1 heterocycles. The highest BCUT2D eigenvalue weighted by molar-refractivity contribution is 9.10. The van der Waals surface area contributed by atoms with Gasteiger partial charge in [0.15, 0.2) is 0 Å². The van der Waals surface area contributed by atoms with Crippen molar-refractivity contribution in [3.63, 3.8) is 0 Å². The Morgan fingerprint density at radius 1 is 1.17 bits per heavy atom. The fourth-order valence-electron chi connectivity index (χ4n) is 2.73. The van der Waals surface area contributed by atoms with Crippen molar-refractivity contribution >= 4 is 45.0 Å². The Hall–Kier alpha value is -1.85. The van der Waals surface area contributed by atoms with E-state index in [4.69, 9.17) is 11.6 Å². The number of hydrogen-bond donors (Lipinski definition) is 1. The van der Waals surface area contributed by atoms with Gasteiger partial charge in [-0.25, -0.2) is 0 Å². The van der Waals surface area contributed by atoms with E-state index in [1.165, 1.54) is 0 Å². The molecule has 24 heavy (non-hydrogen) atoms. The Morgan fingerprint density at radius 3 is 2.50 bits per heavy atom. The summed E-state index contributed by atoms with van der Waals surface area (Å²) in [6.07, 6.45) is 0.434. The van der Waals surface area contributed by atoms with Gasteiger partial charge in [-0.15, -0.1) is 0 Å². The molecule has 3 rings (SSSR count). The highest BCUT2D eigenvalue weighted by Crippen LogP contribution is 2.26. The lowest BCUT2D eigenvalue weighted by Gasteiger charge is -2.17. The van der Waals surface area contributed by atoms with E-state index in [1.807, 2.05) is 24.3 Å². The van der Waals surface area contributed by atoms with E-state index in [0.717, 1.165) is 10.2 Å². The molecule has 4 nitrogen and oxygen atoms in total. The Balaban J connectivity index is 1.57. The molecular formula is C18H16BrClN2O2. The molecule has 6 heteroatoms. The van der Waals surface area contributed by atoms with Gasteiger partial charge in [0.05, 0.1) is 0 Å². The van der Waals surface area contributed by atoms with Crippen LogP contribution in [0.3, 0.4) is 0 Å². The highest BCUT2D eigenvalue weighted by Gasteiger charge is 2.30. The van der Waals surface area contributed by atoms with Crippen LogP contribution in [0.1, 0.15) is 16.8 Å². The van der Waals surface area contributed by atoms with Crippen LogP contribution in [0.15, 0.2) is 53.0 Å². The molecule has 2 aromatic carbocycles. The van der Waals surface area contributed by atoms with Crippen molar-refractivity contribution in [1.29, 1.82) is 0 Å². The van der Waals surface area contributed by atoms with Crippen molar-refractivity contribution in [3.05, 3.63) is 63.6 Å². The quantitative estimate of drug-likeness (QED) is 0.836. The van der Waals surface area contributed by atoms with Crippen LogP contribution < -0.4 is 10.2 Å². The van der Waals surface area contributed by atoms with Crippen LogP contribution in [0.5, 0.6) is 0 Å². The maximum absolute atomic E-state index is 12.2. The number of carbonyl (C=O) groups excluding carboxylic acids is 2. The lowest BCUT2D eigenvalue weighted by Crippen LogP contribution is -2.31. The summed E-state index contributed by atoms with van der Waals surface area (Å²) in [7, 11) is 0. The molecule has 1 unspecified atom stereocenters. The average molecular weight is 408 g/mol. The first kappa shape index (κ1) is 17.0. The molecule has 0 saturated carbocycles. The van der Waals surface area contributed by atoms with Crippen molar-refractivity contribution in [3.8, 4) is 0 Å². The molecule has 124 valence electrons. The van der Waals surface area contributed by atoms with Crippen LogP contribution in [0.4, 0.5) is 5.69 Å². The van der Waals surface area contributed by atoms with Gasteiger partial charge in [0.2, 0.25) is 5.91 Å². The minimum atomic E-state index is -0.125. The zero-order valence-electron chi connectivity index (χ0n) is 12.8. The second-order valence-corrected chi connectivity index (χ2v) is 7.12. The molecule has 1 atom stereocenters. The summed E-state index contributed by atoms with van der Waals surface area (Å²) in [6, 6.07) is 14.4. The molecule has 0 bridgehead atoms. The first-order valence-corrected chi connectivity index (χ1v) is 8.80. The first-order chi connectivity index (χ1) is 11.5. The topological polar surface area (TPSA) is 49.4 Å². The number of nitrogens with one attached hydrogen (secondary N) is 1. The molecule has 1 aliphatic rings. The summed E-state index contributed by atoms with van der Waals surface area (Å²) in [6.45, 7) is 1.08. The number of amides is 2. The summed E-state index contributed by atoms with van der Waals surface area (Å²) >= 11 is 9.23. The Bertz CT molecular complexity index is 747. The number of benzene rings is 2. The van der Waals surface area contributed by atoms with Gasteiger partial charge in [0.25, 0.3) is 5.91 Å². The zero-order valence-corrected chi connectivity index (χ0v) is 15.2. The van der Waals surface area contributed by atoms with Gasteiger partial charge in [-0.05, 0) is 48.5 Å². The summed E-state index contributed by atoms with van der Waals surface area (Å²) in [5, 5.41) is 3.55. The van der Waals surface area contributed by atoms with Crippen molar-refractivity contribution in [2.45, 2.75) is 6.42 Å². The fourth-order valence-corrected chi connectivity index (χ4v) is 3.12. The third-order valence-corrected chi connectivity index (χ3v) is 4.78. The monoisotopic (exact) mass is 406 g/mol. The van der Waals surface area contributed by atoms with E-state index in [-0.39, 0.29) is 17.7 Å². The van der Waals surface area contributed by atoms with Gasteiger partial charge in [-0.2, -0.15) is 0 Å². The van der Waals surface area contributed by atoms with Crippen LogP contribution in [-0.2, 0) is 4.79 Å². The fraction of sp³-hybridized carbons (Fsp3) is 0.222. The van der Waals surface area contributed by atoms with Crippen molar-refractivity contribution < 1.29 is 9.59 Å². The maximum atomic E-state index is 12.2. The molecule has 2 amide bonds. The van der Waals surface area contributed by atoms with Crippen molar-refractivity contribution in [1.82, 2.24) is 5.32 Å². The van der Waals surface area contributed by atoms with Crippen LogP contribution in [0.25, 0.3) is 0 Å².